The maximum atomic E-state index is 9.79. The van der Waals surface area contributed by atoms with Crippen LogP contribution in [0.3, 0.4) is 0 Å². The fourth-order valence-corrected chi connectivity index (χ4v) is 2.14. The van der Waals surface area contributed by atoms with Crippen LogP contribution in [0, 0.1) is 0 Å². The lowest BCUT2D eigenvalue weighted by molar-refractivity contribution is -0.123. The lowest BCUT2D eigenvalue weighted by atomic mass is 10.0. The molecule has 0 bridgehead atoms. The van der Waals surface area contributed by atoms with Gasteiger partial charge in [-0.1, -0.05) is 6.92 Å². The lowest BCUT2D eigenvalue weighted by Gasteiger charge is -2.29. The highest BCUT2D eigenvalue weighted by atomic mass is 32.2. The molecule has 0 rings (SSSR count). The summed E-state index contributed by atoms with van der Waals surface area (Å²) in [4.78, 5) is 0. The van der Waals surface area contributed by atoms with Gasteiger partial charge in [0, 0.05) is 6.61 Å². The fraction of sp³-hybridized carbons (Fsp3) is 1.00. The van der Waals surface area contributed by atoms with Crippen molar-refractivity contribution in [2.24, 2.45) is 0 Å². The highest BCUT2D eigenvalue weighted by Gasteiger charge is 2.33. The quantitative estimate of drug-likeness (QED) is 0.439. The molecule has 0 saturated carbocycles. The number of hydrogen-bond donors (Lipinski definition) is 4. The zero-order valence-corrected chi connectivity index (χ0v) is 10.7. The van der Waals surface area contributed by atoms with Crippen molar-refractivity contribution in [1.82, 2.24) is 0 Å². The van der Waals surface area contributed by atoms with Crippen molar-refractivity contribution in [3.8, 4) is 0 Å². The molecule has 0 radical (unpaired) electrons. The number of hydrogen-bond acceptors (Lipinski definition) is 6. The molecular formula is C10H22O5S. The first-order valence-corrected chi connectivity index (χ1v) is 6.46. The van der Waals surface area contributed by atoms with Gasteiger partial charge < -0.3 is 25.2 Å². The molecule has 6 heteroatoms. The predicted octanol–water partition coefficient (Wildman–Crippen LogP) is -0.434. The van der Waals surface area contributed by atoms with Gasteiger partial charge in [0.05, 0.1) is 6.10 Å². The number of aliphatic hydroxyl groups is 4. The van der Waals surface area contributed by atoms with Crippen molar-refractivity contribution in [3.05, 3.63) is 0 Å². The van der Waals surface area contributed by atoms with Gasteiger partial charge in [-0.05, 0) is 19.6 Å². The molecule has 0 aliphatic carbocycles. The summed E-state index contributed by atoms with van der Waals surface area (Å²) in [5, 5.41) is 38.0. The van der Waals surface area contributed by atoms with E-state index in [2.05, 4.69) is 0 Å². The van der Waals surface area contributed by atoms with Gasteiger partial charge in [-0.15, -0.1) is 11.8 Å². The van der Waals surface area contributed by atoms with Crippen LogP contribution in [0.2, 0.25) is 0 Å². The Kier molecular flexibility index (Phi) is 8.35. The van der Waals surface area contributed by atoms with E-state index < -0.39 is 29.9 Å². The zero-order chi connectivity index (χ0) is 12.7. The van der Waals surface area contributed by atoms with E-state index in [1.54, 1.807) is 6.92 Å². The molecule has 1 unspecified atom stereocenters. The largest absolute Gasteiger partial charge is 0.391 e. The van der Waals surface area contributed by atoms with Gasteiger partial charge in [0.1, 0.15) is 23.7 Å². The van der Waals surface area contributed by atoms with Crippen LogP contribution in [0.1, 0.15) is 20.8 Å². The van der Waals surface area contributed by atoms with Crippen molar-refractivity contribution in [2.75, 3.05) is 12.4 Å². The predicted molar refractivity (Wildman–Crippen MR) is 63.2 cm³/mol. The first kappa shape index (κ1) is 16.1. The number of aliphatic hydroxyl groups excluding tert-OH is 4. The Morgan fingerprint density at radius 3 is 1.94 bits per heavy atom. The summed E-state index contributed by atoms with van der Waals surface area (Å²) in [6.45, 7) is 5.45. The summed E-state index contributed by atoms with van der Waals surface area (Å²) in [5.74, 6) is 0.721. The van der Waals surface area contributed by atoms with E-state index in [4.69, 9.17) is 9.84 Å². The fourth-order valence-electron chi connectivity index (χ4n) is 1.22. The third kappa shape index (κ3) is 4.99. The molecule has 4 N–H and O–H groups in total. The Morgan fingerprint density at radius 2 is 1.56 bits per heavy atom. The standard InChI is InChI=1S/C10H22O5S/c1-4-15-10(16-5-2)9(14)8(13)7(12)6(3)11/h6-14H,4-5H2,1-3H3/t6-,7-,8+,9+,10?/m0/s1. The van der Waals surface area contributed by atoms with Gasteiger partial charge in [0.15, 0.2) is 0 Å². The van der Waals surface area contributed by atoms with Gasteiger partial charge in [0.25, 0.3) is 0 Å². The number of ether oxygens (including phenoxy) is 1. The molecular weight excluding hydrogens is 232 g/mol. The summed E-state index contributed by atoms with van der Waals surface area (Å²) < 4.78 is 5.26. The molecule has 0 fully saturated rings. The Labute approximate surface area is 100 Å². The first-order chi connectivity index (χ1) is 7.45. The second kappa shape index (κ2) is 8.27. The lowest BCUT2D eigenvalue weighted by Crippen LogP contribution is -2.48. The SMILES string of the molecule is CCOC(SCC)[C@H](O)[C@H](O)[C@@H](O)[C@H](C)O. The molecule has 16 heavy (non-hydrogen) atoms. The van der Waals surface area contributed by atoms with Gasteiger partial charge in [-0.25, -0.2) is 0 Å². The van der Waals surface area contributed by atoms with Gasteiger partial charge in [0.2, 0.25) is 0 Å². The van der Waals surface area contributed by atoms with E-state index in [9.17, 15) is 15.3 Å². The van der Waals surface area contributed by atoms with Crippen molar-refractivity contribution in [2.45, 2.75) is 50.6 Å². The molecule has 0 aromatic rings. The van der Waals surface area contributed by atoms with Crippen LogP contribution < -0.4 is 0 Å². The maximum absolute atomic E-state index is 9.79. The van der Waals surface area contributed by atoms with Crippen molar-refractivity contribution in [1.29, 1.82) is 0 Å². The average Bonchev–Trinajstić information content (AvgIpc) is 2.25. The normalized spacial score (nSPS) is 21.2. The third-order valence-electron chi connectivity index (χ3n) is 2.13. The molecule has 0 saturated heterocycles. The molecule has 0 aliphatic rings. The van der Waals surface area contributed by atoms with Crippen LogP contribution >= 0.6 is 11.8 Å². The molecule has 0 aromatic carbocycles. The number of rotatable bonds is 8. The van der Waals surface area contributed by atoms with Crippen molar-refractivity contribution < 1.29 is 25.2 Å². The second-order valence-corrected chi connectivity index (χ2v) is 4.87. The summed E-state index contributed by atoms with van der Waals surface area (Å²) in [6.07, 6.45) is -5.13. The molecule has 0 spiro atoms. The van der Waals surface area contributed by atoms with Crippen LogP contribution in [0.4, 0.5) is 0 Å². The van der Waals surface area contributed by atoms with E-state index in [-0.39, 0.29) is 0 Å². The second-order valence-electron chi connectivity index (χ2n) is 3.49. The van der Waals surface area contributed by atoms with E-state index in [0.717, 1.165) is 5.75 Å². The molecule has 0 heterocycles. The van der Waals surface area contributed by atoms with Crippen LogP contribution in [0.5, 0.6) is 0 Å². The summed E-state index contributed by atoms with van der Waals surface area (Å²) in [7, 11) is 0. The molecule has 0 aliphatic heterocycles. The smallest absolute Gasteiger partial charge is 0.131 e. The van der Waals surface area contributed by atoms with Crippen LogP contribution in [-0.4, -0.2) is 62.6 Å². The summed E-state index contributed by atoms with van der Waals surface area (Å²) >= 11 is 1.34. The number of thioether (sulfide) groups is 1. The third-order valence-corrected chi connectivity index (χ3v) is 3.21. The Hall–Kier alpha value is 0.150. The molecule has 0 amide bonds. The van der Waals surface area contributed by atoms with Crippen LogP contribution in [0.15, 0.2) is 0 Å². The Bertz CT molecular complexity index is 171. The monoisotopic (exact) mass is 254 g/mol. The van der Waals surface area contributed by atoms with Gasteiger partial charge in [-0.2, -0.15) is 0 Å². The molecule has 0 aromatic heterocycles. The minimum Gasteiger partial charge on any atom is -0.391 e. The molecule has 98 valence electrons. The Morgan fingerprint density at radius 1 is 1.00 bits per heavy atom. The molecule has 5 nitrogen and oxygen atoms in total. The molecule has 5 atom stereocenters. The van der Waals surface area contributed by atoms with Gasteiger partial charge >= 0.3 is 0 Å². The highest BCUT2D eigenvalue weighted by Crippen LogP contribution is 2.20. The van der Waals surface area contributed by atoms with Gasteiger partial charge in [-0.3, -0.25) is 0 Å². The van der Waals surface area contributed by atoms with Crippen LogP contribution in [0.25, 0.3) is 0 Å². The summed E-state index contributed by atoms with van der Waals surface area (Å²) in [6, 6.07) is 0. The average molecular weight is 254 g/mol. The van der Waals surface area contributed by atoms with Crippen molar-refractivity contribution >= 4 is 11.8 Å². The first-order valence-electron chi connectivity index (χ1n) is 5.41. The van der Waals surface area contributed by atoms with E-state index in [1.165, 1.54) is 18.7 Å². The minimum atomic E-state index is -1.42. The summed E-state index contributed by atoms with van der Waals surface area (Å²) in [5.41, 5.74) is -0.599. The van der Waals surface area contributed by atoms with Crippen molar-refractivity contribution in [3.63, 3.8) is 0 Å². The van der Waals surface area contributed by atoms with Crippen LogP contribution in [-0.2, 0) is 4.74 Å². The Balaban J connectivity index is 4.40. The topological polar surface area (TPSA) is 90.2 Å². The maximum Gasteiger partial charge on any atom is 0.131 e. The van der Waals surface area contributed by atoms with E-state index in [1.807, 2.05) is 6.92 Å². The highest BCUT2D eigenvalue weighted by molar-refractivity contribution is 7.99. The zero-order valence-electron chi connectivity index (χ0n) is 9.91. The van der Waals surface area contributed by atoms with E-state index in [0.29, 0.717) is 6.61 Å². The van der Waals surface area contributed by atoms with E-state index >= 15 is 0 Å². The minimum absolute atomic E-state index is 0.409.